The monoisotopic (exact) mass is 261 g/mol. The average Bonchev–Trinajstić information content (AvgIpc) is 2.34. The molecule has 0 aromatic carbocycles. The number of hydrogen-bond donors (Lipinski definition) is 4. The Hall–Kier alpha value is -1.34. The predicted octanol–water partition coefficient (Wildman–Crippen LogP) is -0.537. The first-order valence-electron chi connectivity index (χ1n) is 6.15. The molecule has 0 heterocycles. The number of aliphatic hydroxyl groups excluding tert-OH is 1. The summed E-state index contributed by atoms with van der Waals surface area (Å²) in [5.74, 6) is -1.15. The molecule has 0 spiro atoms. The second kappa shape index (κ2) is 9.67. The molecule has 0 rings (SSSR count). The van der Waals surface area contributed by atoms with Crippen molar-refractivity contribution >= 4 is 12.0 Å². The molecule has 0 saturated carbocycles. The zero-order valence-corrected chi connectivity index (χ0v) is 11.0. The van der Waals surface area contributed by atoms with Gasteiger partial charge >= 0.3 is 12.0 Å². The lowest BCUT2D eigenvalue weighted by atomic mass is 10.2. The number of aliphatic carboxylic acids is 1. The molecule has 0 bridgehead atoms. The third kappa shape index (κ3) is 7.08. The second-order valence-corrected chi connectivity index (χ2v) is 3.83. The van der Waals surface area contributed by atoms with Gasteiger partial charge in [0.05, 0.1) is 0 Å². The van der Waals surface area contributed by atoms with E-state index in [1.54, 1.807) is 0 Å². The number of aliphatic hydroxyl groups is 1. The van der Waals surface area contributed by atoms with Crippen molar-refractivity contribution in [3.63, 3.8) is 0 Å². The maximum Gasteiger partial charge on any atom is 0.326 e. The number of carbonyl (C=O) groups excluding carboxylic acids is 1. The van der Waals surface area contributed by atoms with Crippen molar-refractivity contribution in [1.29, 1.82) is 0 Å². The van der Waals surface area contributed by atoms with E-state index >= 15 is 0 Å². The standard InChI is InChI=1S/C11H23N3O4/c1-3-14(4-2)7-6-12-11(18)13-9(5-8-15)10(16)17/h9,15H,3-8H2,1-2H3,(H,16,17)(H2,12,13,18)/t9-/m1/s1. The highest BCUT2D eigenvalue weighted by Crippen LogP contribution is 1.91. The molecule has 0 saturated heterocycles. The third-order valence-corrected chi connectivity index (χ3v) is 2.63. The number of rotatable bonds is 9. The van der Waals surface area contributed by atoms with E-state index in [4.69, 9.17) is 10.2 Å². The van der Waals surface area contributed by atoms with Crippen LogP contribution in [0.3, 0.4) is 0 Å². The third-order valence-electron chi connectivity index (χ3n) is 2.63. The molecule has 0 radical (unpaired) electrons. The summed E-state index contributed by atoms with van der Waals surface area (Å²) in [5, 5.41) is 22.3. The van der Waals surface area contributed by atoms with Gasteiger partial charge in [0.25, 0.3) is 0 Å². The van der Waals surface area contributed by atoms with Crippen LogP contribution in [0.4, 0.5) is 4.79 Å². The van der Waals surface area contributed by atoms with Crippen LogP contribution in [0.25, 0.3) is 0 Å². The summed E-state index contributed by atoms with van der Waals surface area (Å²) in [6.07, 6.45) is -0.00119. The van der Waals surface area contributed by atoms with Crippen molar-refractivity contribution in [1.82, 2.24) is 15.5 Å². The van der Waals surface area contributed by atoms with Gasteiger partial charge in [0, 0.05) is 26.1 Å². The lowest BCUT2D eigenvalue weighted by Gasteiger charge is -2.19. The van der Waals surface area contributed by atoms with Crippen molar-refractivity contribution in [3.05, 3.63) is 0 Å². The van der Waals surface area contributed by atoms with Crippen LogP contribution in [0.1, 0.15) is 20.3 Å². The van der Waals surface area contributed by atoms with Gasteiger partial charge in [-0.2, -0.15) is 0 Å². The van der Waals surface area contributed by atoms with Gasteiger partial charge in [0.1, 0.15) is 6.04 Å². The van der Waals surface area contributed by atoms with E-state index in [2.05, 4.69) is 15.5 Å². The molecule has 0 unspecified atom stereocenters. The number of urea groups is 1. The molecule has 7 nitrogen and oxygen atoms in total. The van der Waals surface area contributed by atoms with Crippen LogP contribution in [0.5, 0.6) is 0 Å². The van der Waals surface area contributed by atoms with E-state index < -0.39 is 18.0 Å². The van der Waals surface area contributed by atoms with Crippen LogP contribution in [-0.4, -0.2) is 65.9 Å². The maximum atomic E-state index is 11.4. The van der Waals surface area contributed by atoms with Gasteiger partial charge in [-0.25, -0.2) is 9.59 Å². The number of carboxylic acid groups (broad SMARTS) is 1. The minimum Gasteiger partial charge on any atom is -0.480 e. The van der Waals surface area contributed by atoms with E-state index in [0.29, 0.717) is 6.54 Å². The van der Waals surface area contributed by atoms with Crippen molar-refractivity contribution in [2.75, 3.05) is 32.8 Å². The Morgan fingerprint density at radius 2 is 1.89 bits per heavy atom. The summed E-state index contributed by atoms with van der Waals surface area (Å²) >= 11 is 0. The fourth-order valence-electron chi connectivity index (χ4n) is 1.46. The number of hydrogen-bond acceptors (Lipinski definition) is 4. The Balaban J connectivity index is 3.91. The Morgan fingerprint density at radius 1 is 1.28 bits per heavy atom. The van der Waals surface area contributed by atoms with Gasteiger partial charge in [0.2, 0.25) is 0 Å². The Bertz CT molecular complexity index is 257. The van der Waals surface area contributed by atoms with Crippen LogP contribution in [0, 0.1) is 0 Å². The average molecular weight is 261 g/mol. The van der Waals surface area contributed by atoms with E-state index in [1.807, 2.05) is 13.8 Å². The predicted molar refractivity (Wildman–Crippen MR) is 67.4 cm³/mol. The molecule has 0 aliphatic rings. The minimum absolute atomic E-state index is 0.00119. The van der Waals surface area contributed by atoms with Gasteiger partial charge < -0.3 is 25.7 Å². The highest BCUT2D eigenvalue weighted by atomic mass is 16.4. The molecule has 1 atom stereocenters. The van der Waals surface area contributed by atoms with Crippen molar-refractivity contribution < 1.29 is 19.8 Å². The van der Waals surface area contributed by atoms with Crippen LogP contribution < -0.4 is 10.6 Å². The molecule has 4 N–H and O–H groups in total. The summed E-state index contributed by atoms with van der Waals surface area (Å²) < 4.78 is 0. The highest BCUT2D eigenvalue weighted by molar-refractivity contribution is 5.82. The summed E-state index contributed by atoms with van der Waals surface area (Å²) in [5.41, 5.74) is 0. The topological polar surface area (TPSA) is 102 Å². The van der Waals surface area contributed by atoms with Crippen LogP contribution in [0.15, 0.2) is 0 Å². The van der Waals surface area contributed by atoms with E-state index in [9.17, 15) is 9.59 Å². The Labute approximate surface area is 107 Å². The molecule has 2 amide bonds. The van der Waals surface area contributed by atoms with Gasteiger partial charge in [-0.1, -0.05) is 13.8 Å². The normalized spacial score (nSPS) is 12.2. The first-order valence-corrected chi connectivity index (χ1v) is 6.15. The first kappa shape index (κ1) is 16.7. The summed E-state index contributed by atoms with van der Waals surface area (Å²) in [4.78, 5) is 24.3. The lowest BCUT2D eigenvalue weighted by molar-refractivity contribution is -0.139. The molecule has 0 aliphatic heterocycles. The number of nitrogens with one attached hydrogen (secondary N) is 2. The van der Waals surface area contributed by atoms with Crippen LogP contribution >= 0.6 is 0 Å². The number of carbonyl (C=O) groups is 2. The Morgan fingerprint density at radius 3 is 2.33 bits per heavy atom. The highest BCUT2D eigenvalue weighted by Gasteiger charge is 2.18. The van der Waals surface area contributed by atoms with Gasteiger partial charge in [-0.05, 0) is 13.1 Å². The molecule has 18 heavy (non-hydrogen) atoms. The fraction of sp³-hybridized carbons (Fsp3) is 0.818. The van der Waals surface area contributed by atoms with Gasteiger partial charge in [-0.3, -0.25) is 0 Å². The number of likely N-dealkylation sites (N-methyl/N-ethyl adjacent to an activating group) is 1. The molecule has 0 aliphatic carbocycles. The fourth-order valence-corrected chi connectivity index (χ4v) is 1.46. The smallest absolute Gasteiger partial charge is 0.326 e. The van der Waals surface area contributed by atoms with Gasteiger partial charge in [-0.15, -0.1) is 0 Å². The van der Waals surface area contributed by atoms with E-state index in [0.717, 1.165) is 19.6 Å². The zero-order chi connectivity index (χ0) is 14.0. The zero-order valence-electron chi connectivity index (χ0n) is 11.0. The van der Waals surface area contributed by atoms with Crippen LogP contribution in [-0.2, 0) is 4.79 Å². The van der Waals surface area contributed by atoms with Crippen LogP contribution in [0.2, 0.25) is 0 Å². The van der Waals surface area contributed by atoms with E-state index in [-0.39, 0.29) is 13.0 Å². The largest absolute Gasteiger partial charge is 0.480 e. The maximum absolute atomic E-state index is 11.4. The SMILES string of the molecule is CCN(CC)CCNC(=O)N[C@H](CCO)C(=O)O. The molecule has 0 aromatic rings. The molecule has 0 aromatic heterocycles. The molecule has 7 heteroatoms. The van der Waals surface area contributed by atoms with Gasteiger partial charge in [0.15, 0.2) is 0 Å². The lowest BCUT2D eigenvalue weighted by Crippen LogP contribution is -2.47. The number of carboxylic acids is 1. The summed E-state index contributed by atoms with van der Waals surface area (Å²) in [7, 11) is 0. The second-order valence-electron chi connectivity index (χ2n) is 3.83. The quantitative estimate of drug-likeness (QED) is 0.446. The Kier molecular flexibility index (Phi) is 8.95. The van der Waals surface area contributed by atoms with Crippen molar-refractivity contribution in [3.8, 4) is 0 Å². The van der Waals surface area contributed by atoms with Crippen molar-refractivity contribution in [2.45, 2.75) is 26.3 Å². The number of nitrogens with zero attached hydrogens (tertiary/aromatic N) is 1. The summed E-state index contributed by atoms with van der Waals surface area (Å²) in [6, 6.07) is -1.58. The number of amides is 2. The molecular weight excluding hydrogens is 238 g/mol. The summed E-state index contributed by atoms with van der Waals surface area (Å²) in [6.45, 7) is 6.77. The first-order chi connectivity index (χ1) is 8.54. The molecule has 106 valence electrons. The van der Waals surface area contributed by atoms with E-state index in [1.165, 1.54) is 0 Å². The minimum atomic E-state index is -1.15. The molecular formula is C11H23N3O4. The molecule has 0 fully saturated rings. The van der Waals surface area contributed by atoms with Crippen molar-refractivity contribution in [2.24, 2.45) is 0 Å².